The highest BCUT2D eigenvalue weighted by atomic mass is 79.9. The lowest BCUT2D eigenvalue weighted by Crippen LogP contribution is -2.06. The van der Waals surface area contributed by atoms with Crippen LogP contribution in [0.2, 0.25) is 0 Å². The Bertz CT molecular complexity index is 662. The minimum atomic E-state index is -1.32. The number of carbonyl (C=O) groups is 1. The Kier molecular flexibility index (Phi) is 4.34. The second-order valence-corrected chi connectivity index (χ2v) is 5.02. The fraction of sp³-hybridized carbons (Fsp3) is 0.143. The van der Waals surface area contributed by atoms with Crippen LogP contribution in [0.25, 0.3) is 0 Å². The van der Waals surface area contributed by atoms with Crippen LogP contribution in [0.1, 0.15) is 22.8 Å². The minimum Gasteiger partial charge on any atom is -0.478 e. The molecular weight excluding hydrogens is 327 g/mol. The molecule has 2 aromatic rings. The van der Waals surface area contributed by atoms with Crippen LogP contribution in [0.3, 0.4) is 0 Å². The summed E-state index contributed by atoms with van der Waals surface area (Å²) in [5.41, 5.74) is 1.27. The topological polar surface area (TPSA) is 62.2 Å². The van der Waals surface area contributed by atoms with Gasteiger partial charge in [0.25, 0.3) is 0 Å². The van der Waals surface area contributed by atoms with Gasteiger partial charge in [-0.05, 0) is 36.2 Å². The molecule has 0 fully saturated rings. The largest absolute Gasteiger partial charge is 0.478 e. The van der Waals surface area contributed by atoms with Crippen LogP contribution in [0.5, 0.6) is 0 Å². The van der Waals surface area contributed by atoms with Crippen molar-refractivity contribution in [3.8, 4) is 0 Å². The summed E-state index contributed by atoms with van der Waals surface area (Å²) in [6.07, 6.45) is 2.02. The van der Waals surface area contributed by atoms with Crippen molar-refractivity contribution in [2.24, 2.45) is 0 Å². The molecule has 2 rings (SSSR count). The highest BCUT2D eigenvalue weighted by Crippen LogP contribution is 2.26. The first kappa shape index (κ1) is 14.5. The summed E-state index contributed by atoms with van der Waals surface area (Å²) in [6.45, 7) is 1.98. The highest BCUT2D eigenvalue weighted by Gasteiger charge is 2.15. The molecule has 1 aromatic carbocycles. The summed E-state index contributed by atoms with van der Waals surface area (Å²) in [5.74, 6) is -2.29. The average molecular weight is 339 g/mol. The van der Waals surface area contributed by atoms with Gasteiger partial charge in [0, 0.05) is 16.4 Å². The number of pyridine rings is 1. The van der Waals surface area contributed by atoms with E-state index in [0.717, 1.165) is 22.5 Å². The van der Waals surface area contributed by atoms with Gasteiger partial charge in [0.15, 0.2) is 11.6 Å². The van der Waals surface area contributed by atoms with Crippen LogP contribution >= 0.6 is 15.9 Å². The van der Waals surface area contributed by atoms with E-state index in [2.05, 4.69) is 26.2 Å². The van der Waals surface area contributed by atoms with Crippen molar-refractivity contribution in [2.45, 2.75) is 13.3 Å². The number of hydrogen-bond donors (Lipinski definition) is 2. The van der Waals surface area contributed by atoms with Gasteiger partial charge in [0.2, 0.25) is 0 Å². The maximum atomic E-state index is 14.0. The van der Waals surface area contributed by atoms with Gasteiger partial charge in [-0.25, -0.2) is 14.2 Å². The molecule has 104 valence electrons. The van der Waals surface area contributed by atoms with E-state index < -0.39 is 17.3 Å². The Morgan fingerprint density at radius 2 is 2.20 bits per heavy atom. The third-order valence-electron chi connectivity index (χ3n) is 2.82. The summed E-state index contributed by atoms with van der Waals surface area (Å²) in [4.78, 5) is 14.7. The maximum Gasteiger partial charge on any atom is 0.338 e. The number of rotatable bonds is 4. The van der Waals surface area contributed by atoms with Gasteiger partial charge in [0.05, 0.1) is 0 Å². The molecule has 2 N–H and O–H groups in total. The van der Waals surface area contributed by atoms with E-state index in [4.69, 9.17) is 5.11 Å². The Morgan fingerprint density at radius 3 is 2.85 bits per heavy atom. The smallest absolute Gasteiger partial charge is 0.338 e. The second-order valence-electron chi connectivity index (χ2n) is 4.11. The van der Waals surface area contributed by atoms with E-state index in [1.54, 1.807) is 6.07 Å². The van der Waals surface area contributed by atoms with Crippen molar-refractivity contribution in [1.29, 1.82) is 0 Å². The first-order valence-corrected chi connectivity index (χ1v) is 6.75. The summed E-state index contributed by atoms with van der Waals surface area (Å²) in [7, 11) is 0. The number of carboxylic acids is 1. The van der Waals surface area contributed by atoms with Gasteiger partial charge in [-0.2, -0.15) is 0 Å². The average Bonchev–Trinajstić information content (AvgIpc) is 2.42. The van der Waals surface area contributed by atoms with Crippen LogP contribution in [0.15, 0.2) is 34.9 Å². The molecule has 1 heterocycles. The Balaban J connectivity index is 2.40. The lowest BCUT2D eigenvalue weighted by atomic mass is 10.1. The first-order valence-electron chi connectivity index (χ1n) is 5.96. The van der Waals surface area contributed by atoms with E-state index in [0.29, 0.717) is 5.69 Å². The van der Waals surface area contributed by atoms with Gasteiger partial charge in [-0.1, -0.05) is 22.9 Å². The van der Waals surface area contributed by atoms with Gasteiger partial charge < -0.3 is 10.4 Å². The van der Waals surface area contributed by atoms with Crippen molar-refractivity contribution >= 4 is 33.4 Å². The number of carboxylic acid groups (broad SMARTS) is 1. The summed E-state index contributed by atoms with van der Waals surface area (Å²) >= 11 is 3.37. The van der Waals surface area contributed by atoms with E-state index in [1.807, 2.05) is 19.1 Å². The van der Waals surface area contributed by atoms with Crippen molar-refractivity contribution < 1.29 is 14.3 Å². The number of aromatic nitrogens is 1. The fourth-order valence-electron chi connectivity index (χ4n) is 1.80. The zero-order valence-corrected chi connectivity index (χ0v) is 12.2. The molecule has 6 heteroatoms. The predicted octanol–water partition coefficient (Wildman–Crippen LogP) is 3.99. The molecule has 20 heavy (non-hydrogen) atoms. The van der Waals surface area contributed by atoms with Gasteiger partial charge in [-0.15, -0.1) is 0 Å². The van der Waals surface area contributed by atoms with E-state index in [9.17, 15) is 9.18 Å². The van der Waals surface area contributed by atoms with Gasteiger partial charge in [0.1, 0.15) is 5.56 Å². The third-order valence-corrected chi connectivity index (χ3v) is 3.31. The summed E-state index contributed by atoms with van der Waals surface area (Å²) in [5, 5.41) is 11.7. The molecule has 0 spiro atoms. The Labute approximate surface area is 123 Å². The Hall–Kier alpha value is -1.95. The summed E-state index contributed by atoms with van der Waals surface area (Å²) in [6, 6.07) is 6.66. The molecule has 0 bridgehead atoms. The molecule has 0 aliphatic rings. The minimum absolute atomic E-state index is 0.0954. The maximum absolute atomic E-state index is 14.0. The molecule has 0 saturated heterocycles. The number of nitrogens with zero attached hydrogens (tertiary/aromatic N) is 1. The number of aromatic carboxylic acids is 1. The van der Waals surface area contributed by atoms with E-state index >= 15 is 0 Å². The van der Waals surface area contributed by atoms with Crippen LogP contribution < -0.4 is 5.32 Å². The molecule has 0 radical (unpaired) electrons. The number of nitrogens with one attached hydrogen (secondary N) is 1. The highest BCUT2D eigenvalue weighted by molar-refractivity contribution is 9.10. The van der Waals surface area contributed by atoms with Crippen molar-refractivity contribution in [2.75, 3.05) is 5.32 Å². The molecule has 0 unspecified atom stereocenters. The van der Waals surface area contributed by atoms with Crippen molar-refractivity contribution in [3.63, 3.8) is 0 Å². The first-order chi connectivity index (χ1) is 9.52. The molecule has 0 saturated carbocycles. The van der Waals surface area contributed by atoms with Crippen LogP contribution in [-0.2, 0) is 6.42 Å². The van der Waals surface area contributed by atoms with E-state index in [-0.39, 0.29) is 5.82 Å². The zero-order chi connectivity index (χ0) is 14.7. The van der Waals surface area contributed by atoms with Crippen molar-refractivity contribution in [1.82, 2.24) is 4.98 Å². The monoisotopic (exact) mass is 338 g/mol. The van der Waals surface area contributed by atoms with Gasteiger partial charge >= 0.3 is 5.97 Å². The fourth-order valence-corrected chi connectivity index (χ4v) is 2.21. The number of benzene rings is 1. The predicted molar refractivity (Wildman–Crippen MR) is 78.0 cm³/mol. The molecule has 0 atom stereocenters. The van der Waals surface area contributed by atoms with Crippen LogP contribution in [0, 0.1) is 5.82 Å². The number of aryl methyl sites for hydroxylation is 1. The SMILES string of the molecule is CCc1cc(Br)ccc1Nc1nccc(C(=O)O)c1F. The molecule has 0 aliphatic heterocycles. The number of halogens is 2. The molecule has 4 nitrogen and oxygen atoms in total. The number of hydrogen-bond acceptors (Lipinski definition) is 3. The van der Waals surface area contributed by atoms with Crippen molar-refractivity contribution in [3.05, 3.63) is 51.9 Å². The standard InChI is InChI=1S/C14H12BrFN2O2/c1-2-8-7-9(15)3-4-11(8)18-13-12(16)10(14(19)20)5-6-17-13/h3-7H,2H2,1H3,(H,17,18)(H,19,20). The molecule has 1 aromatic heterocycles. The number of anilines is 2. The molecule has 0 aliphatic carbocycles. The van der Waals surface area contributed by atoms with Crippen LogP contribution in [0.4, 0.5) is 15.9 Å². The quantitative estimate of drug-likeness (QED) is 0.884. The summed E-state index contributed by atoms with van der Waals surface area (Å²) < 4.78 is 14.9. The lowest BCUT2D eigenvalue weighted by molar-refractivity contribution is 0.0692. The third kappa shape index (κ3) is 2.96. The van der Waals surface area contributed by atoms with Crippen LogP contribution in [-0.4, -0.2) is 16.1 Å². The Morgan fingerprint density at radius 1 is 1.45 bits per heavy atom. The lowest BCUT2D eigenvalue weighted by Gasteiger charge is -2.12. The molecule has 0 amide bonds. The normalized spacial score (nSPS) is 10.3. The molecular formula is C14H12BrFN2O2. The van der Waals surface area contributed by atoms with Gasteiger partial charge in [-0.3, -0.25) is 0 Å². The second kappa shape index (κ2) is 6.00. The zero-order valence-electron chi connectivity index (χ0n) is 10.7. The van der Waals surface area contributed by atoms with E-state index in [1.165, 1.54) is 6.20 Å².